The predicted molar refractivity (Wildman–Crippen MR) is 249 cm³/mol. The summed E-state index contributed by atoms with van der Waals surface area (Å²) in [6, 6.07) is 15.7. The molecule has 2 fully saturated rings. The van der Waals surface area contributed by atoms with E-state index in [4.69, 9.17) is 18.9 Å². The second kappa shape index (κ2) is 21.2. The lowest BCUT2D eigenvalue weighted by atomic mass is 9.72. The molecule has 1 N–H and O–H groups in total. The van der Waals surface area contributed by atoms with E-state index in [1.165, 1.54) is 6.92 Å². The molecule has 2 heterocycles. The minimum Gasteiger partial charge on any atom is -0.464 e. The van der Waals surface area contributed by atoms with Gasteiger partial charge in [0.1, 0.15) is 53.4 Å². The molecule has 14 heteroatoms. The van der Waals surface area contributed by atoms with Crippen LogP contribution in [0.25, 0.3) is 0 Å². The fourth-order valence-corrected chi connectivity index (χ4v) is 9.23. The van der Waals surface area contributed by atoms with Crippen LogP contribution in [-0.4, -0.2) is 77.5 Å². The highest BCUT2D eigenvalue weighted by Crippen LogP contribution is 2.47. The van der Waals surface area contributed by atoms with E-state index in [-0.39, 0.29) is 51.5 Å². The van der Waals surface area contributed by atoms with Crippen molar-refractivity contribution in [3.8, 4) is 30.0 Å². The third-order valence-electron chi connectivity index (χ3n) is 13.1. The number of likely N-dealkylation sites (tertiary alicyclic amines) is 2. The van der Waals surface area contributed by atoms with Gasteiger partial charge in [0, 0.05) is 62.2 Å². The van der Waals surface area contributed by atoms with Gasteiger partial charge in [-0.3, -0.25) is 4.79 Å². The van der Waals surface area contributed by atoms with Gasteiger partial charge in [0.25, 0.3) is 0 Å². The number of carbonyl (C=O) groups excluding carboxylic acids is 3. The Kier molecular flexibility index (Phi) is 16.2. The molecule has 0 saturated carbocycles. The SMILES string of the molecule is C=CC(=O)OC1CCN(C2=C(C#N)/C(=C(\C#N)C(O)O/C(=C/C=C(\C)C(C)(C)c3ccc(OC(=O)/C(C#N)=C4\CC(C)(C)CC(N5CCC(OC(C)=O)C5)=C4C#N)cc3)CC)CC(C)(C)C2)C1. The fraction of sp³-hybridized carbons (Fsp3) is 0.491. The number of hydrogen-bond donors (Lipinski definition) is 1. The van der Waals surface area contributed by atoms with Crippen LogP contribution in [0.5, 0.6) is 5.75 Å². The first-order chi connectivity index (χ1) is 31.6. The van der Waals surface area contributed by atoms with E-state index < -0.39 is 23.6 Å². The van der Waals surface area contributed by atoms with Crippen molar-refractivity contribution >= 4 is 17.9 Å². The molecule has 0 bridgehead atoms. The monoisotopic (exact) mass is 910 g/mol. The van der Waals surface area contributed by atoms with Gasteiger partial charge >= 0.3 is 17.9 Å². The number of rotatable bonds is 14. The van der Waals surface area contributed by atoms with Gasteiger partial charge in [0.05, 0.1) is 30.0 Å². The summed E-state index contributed by atoms with van der Waals surface area (Å²) < 4.78 is 22.7. The third-order valence-corrected chi connectivity index (χ3v) is 13.1. The topological polar surface area (TPSA) is 210 Å². The molecule has 2 aliphatic heterocycles. The Morgan fingerprint density at radius 1 is 0.836 bits per heavy atom. The Hall–Kier alpha value is -6.87. The quantitative estimate of drug-likeness (QED) is 0.0352. The predicted octanol–water partition coefficient (Wildman–Crippen LogP) is 8.72. The fourth-order valence-electron chi connectivity index (χ4n) is 9.23. The summed E-state index contributed by atoms with van der Waals surface area (Å²) in [5, 5.41) is 53.0. The molecule has 3 atom stereocenters. The maximum Gasteiger partial charge on any atom is 0.354 e. The molecule has 3 unspecified atom stereocenters. The zero-order valence-corrected chi connectivity index (χ0v) is 40.2. The van der Waals surface area contributed by atoms with E-state index in [2.05, 4.69) is 24.8 Å². The van der Waals surface area contributed by atoms with Crippen LogP contribution in [0.1, 0.15) is 113 Å². The number of nitrogens with zero attached hydrogens (tertiary/aromatic N) is 6. The average molecular weight is 911 g/mol. The lowest BCUT2D eigenvalue weighted by Gasteiger charge is -2.37. The molecule has 0 aromatic heterocycles. The lowest BCUT2D eigenvalue weighted by molar-refractivity contribution is -0.145. The summed E-state index contributed by atoms with van der Waals surface area (Å²) in [4.78, 5) is 41.2. The average Bonchev–Trinajstić information content (AvgIpc) is 3.94. The summed E-state index contributed by atoms with van der Waals surface area (Å²) in [6.07, 6.45) is 5.86. The number of aliphatic hydroxyl groups is 1. The number of allylic oxidation sites excluding steroid dienone is 10. The minimum absolute atomic E-state index is 0.0398. The van der Waals surface area contributed by atoms with Gasteiger partial charge in [0.15, 0.2) is 0 Å². The zero-order chi connectivity index (χ0) is 49.4. The van der Waals surface area contributed by atoms with Crippen LogP contribution < -0.4 is 4.74 Å². The van der Waals surface area contributed by atoms with E-state index >= 15 is 0 Å². The van der Waals surface area contributed by atoms with Gasteiger partial charge in [-0.15, -0.1) is 0 Å². The smallest absolute Gasteiger partial charge is 0.354 e. The van der Waals surface area contributed by atoms with Crippen molar-refractivity contribution in [2.75, 3.05) is 26.2 Å². The molecule has 14 nitrogen and oxygen atoms in total. The Labute approximate surface area is 395 Å². The van der Waals surface area contributed by atoms with Crippen LogP contribution in [-0.2, 0) is 34.0 Å². The molecule has 2 aliphatic carbocycles. The van der Waals surface area contributed by atoms with Crippen molar-refractivity contribution in [1.82, 2.24) is 9.80 Å². The number of ether oxygens (including phenoxy) is 4. The highest BCUT2D eigenvalue weighted by Gasteiger charge is 2.40. The summed E-state index contributed by atoms with van der Waals surface area (Å²) in [6.45, 7) is 22.8. The third kappa shape index (κ3) is 12.1. The van der Waals surface area contributed by atoms with Crippen molar-refractivity contribution in [3.63, 3.8) is 0 Å². The Bertz CT molecular complexity index is 2530. The molecule has 67 heavy (non-hydrogen) atoms. The summed E-state index contributed by atoms with van der Waals surface area (Å²) in [5.74, 6) is -1.10. The normalized spacial score (nSPS) is 22.7. The van der Waals surface area contributed by atoms with Gasteiger partial charge < -0.3 is 33.9 Å². The van der Waals surface area contributed by atoms with Gasteiger partial charge in [-0.25, -0.2) is 9.59 Å². The molecule has 0 radical (unpaired) electrons. The molecule has 0 spiro atoms. The first-order valence-electron chi connectivity index (χ1n) is 22.7. The molecular weight excluding hydrogens is 849 g/mol. The molecule has 352 valence electrons. The molecule has 4 aliphatic rings. The molecule has 1 aromatic carbocycles. The second-order valence-corrected chi connectivity index (χ2v) is 19.7. The molecule has 2 saturated heterocycles. The van der Waals surface area contributed by atoms with Crippen molar-refractivity contribution in [1.29, 1.82) is 21.0 Å². The van der Waals surface area contributed by atoms with Crippen molar-refractivity contribution in [3.05, 3.63) is 111 Å². The maximum absolute atomic E-state index is 13.7. The largest absolute Gasteiger partial charge is 0.464 e. The van der Waals surface area contributed by atoms with Gasteiger partial charge in [-0.2, -0.15) is 21.0 Å². The van der Waals surface area contributed by atoms with E-state index in [1.807, 2.05) is 89.5 Å². The highest BCUT2D eigenvalue weighted by molar-refractivity contribution is 5.96. The highest BCUT2D eigenvalue weighted by atomic mass is 16.6. The lowest BCUT2D eigenvalue weighted by Crippen LogP contribution is -2.32. The number of hydrogen-bond acceptors (Lipinski definition) is 14. The van der Waals surface area contributed by atoms with Crippen LogP contribution in [0, 0.1) is 56.2 Å². The number of esters is 3. The van der Waals surface area contributed by atoms with Crippen LogP contribution in [0.3, 0.4) is 0 Å². The van der Waals surface area contributed by atoms with Crippen molar-refractivity contribution in [2.45, 2.75) is 131 Å². The Balaban J connectivity index is 1.33. The van der Waals surface area contributed by atoms with E-state index in [0.29, 0.717) is 93.6 Å². The maximum atomic E-state index is 13.7. The van der Waals surface area contributed by atoms with Crippen molar-refractivity contribution in [2.24, 2.45) is 10.8 Å². The second-order valence-electron chi connectivity index (χ2n) is 19.7. The summed E-state index contributed by atoms with van der Waals surface area (Å²) >= 11 is 0. The summed E-state index contributed by atoms with van der Waals surface area (Å²) in [7, 11) is 0. The van der Waals surface area contributed by atoms with Gasteiger partial charge in [0.2, 0.25) is 6.29 Å². The first kappa shape index (κ1) is 51.1. The Morgan fingerprint density at radius 2 is 1.37 bits per heavy atom. The molecule has 0 amide bonds. The Morgan fingerprint density at radius 3 is 1.87 bits per heavy atom. The minimum atomic E-state index is -1.64. The number of nitriles is 4. The van der Waals surface area contributed by atoms with Crippen molar-refractivity contribution < 1.29 is 38.4 Å². The van der Waals surface area contributed by atoms with Crippen LogP contribution >= 0.6 is 0 Å². The van der Waals surface area contributed by atoms with E-state index in [9.17, 15) is 40.5 Å². The van der Waals surface area contributed by atoms with Crippen LogP contribution in [0.4, 0.5) is 0 Å². The standard InChI is InChI=1S/C53H62N6O8/c1-11-36(66-49(62)44(29-56)40-23-51(5,6)26-47(42(40)27-54)59-22-20-39(32-59)65-48(61)12-2)16-13-33(3)53(9,10)35-14-17-37(18-15-35)67-50(63)45(30-57)41-24-52(7,8)25-46(43(41)28-55)58-21-19-38(31-58)64-34(4)60/h12-18,38-39,49,62H,2,11,19-26,31-32H2,1,3-10H3/b33-13+,36-16+,44-40+,45-41+. The van der Waals surface area contributed by atoms with E-state index in [0.717, 1.165) is 28.6 Å². The van der Waals surface area contributed by atoms with Gasteiger partial charge in [-0.1, -0.05) is 78.8 Å². The zero-order valence-electron chi connectivity index (χ0n) is 40.2. The summed E-state index contributed by atoms with van der Waals surface area (Å²) in [5.41, 5.74) is 3.12. The molecular formula is C53H62N6O8. The molecule has 1 aromatic rings. The number of benzene rings is 1. The van der Waals surface area contributed by atoms with Crippen LogP contribution in [0.15, 0.2) is 105 Å². The number of aliphatic hydroxyl groups excluding tert-OH is 1. The van der Waals surface area contributed by atoms with Crippen LogP contribution in [0.2, 0.25) is 0 Å². The first-order valence-corrected chi connectivity index (χ1v) is 22.7. The molecule has 5 rings (SSSR count). The van der Waals surface area contributed by atoms with E-state index in [1.54, 1.807) is 18.2 Å². The van der Waals surface area contributed by atoms with Gasteiger partial charge in [-0.05, 0) is 78.4 Å². The number of carbonyl (C=O) groups is 3.